The van der Waals surface area contributed by atoms with E-state index in [4.69, 9.17) is 11.0 Å². The van der Waals surface area contributed by atoms with Crippen molar-refractivity contribution in [1.82, 2.24) is 5.43 Å². The van der Waals surface area contributed by atoms with Crippen LogP contribution in [0.2, 0.25) is 0 Å². The third-order valence-electron chi connectivity index (χ3n) is 0.791. The minimum absolute atomic E-state index is 0.154. The highest BCUT2D eigenvalue weighted by Gasteiger charge is 2.30. The summed E-state index contributed by atoms with van der Waals surface area (Å²) in [4.78, 5) is 8.90. The van der Waals surface area contributed by atoms with E-state index in [0.717, 1.165) is 0 Å². The Kier molecular flexibility index (Phi) is 3.68. The predicted octanol–water partition coefficient (Wildman–Crippen LogP) is -1.78. The van der Waals surface area contributed by atoms with Crippen molar-refractivity contribution >= 4 is 0 Å². The van der Waals surface area contributed by atoms with Gasteiger partial charge in [0.15, 0.2) is 0 Å². The molecule has 0 aromatic carbocycles. The molecule has 7 nitrogen and oxygen atoms in total. The molecule has 62 valence electrons. The second kappa shape index (κ2) is 3.78. The SMILES string of the molecule is CN[N+](O)(OC)O[NH+](C)[NH-]. The number of hydrogen-bond donors (Lipinski definition) is 3. The fourth-order valence-corrected chi connectivity index (χ4v) is 0.360. The second-order valence-corrected chi connectivity index (χ2v) is 1.57. The summed E-state index contributed by atoms with van der Waals surface area (Å²) in [5, 5.41) is 7.63. The van der Waals surface area contributed by atoms with Gasteiger partial charge in [0, 0.05) is 7.05 Å². The van der Waals surface area contributed by atoms with Gasteiger partial charge >= 0.3 is 0 Å². The molecule has 0 radical (unpaired) electrons. The quantitative estimate of drug-likeness (QED) is 0.329. The van der Waals surface area contributed by atoms with Crippen molar-refractivity contribution < 1.29 is 25.2 Å². The lowest BCUT2D eigenvalue weighted by Crippen LogP contribution is -3.04. The first-order valence-corrected chi connectivity index (χ1v) is 2.65. The monoisotopic (exact) mass is 153 g/mol. The Morgan fingerprint density at radius 2 is 2.20 bits per heavy atom. The molecule has 4 N–H and O–H groups in total. The van der Waals surface area contributed by atoms with Gasteiger partial charge in [-0.05, 0) is 0 Å². The maximum absolute atomic E-state index is 9.04. The molecule has 2 unspecified atom stereocenters. The van der Waals surface area contributed by atoms with E-state index in [0.29, 0.717) is 0 Å². The molecule has 0 aromatic heterocycles. The van der Waals surface area contributed by atoms with Gasteiger partial charge in [-0.2, -0.15) is 5.17 Å². The summed E-state index contributed by atoms with van der Waals surface area (Å²) in [6, 6.07) is 0. The van der Waals surface area contributed by atoms with E-state index in [1.807, 2.05) is 0 Å². The average Bonchev–Trinajstić information content (AvgIpc) is 1.87. The molecule has 0 heterocycles. The summed E-state index contributed by atoms with van der Waals surface area (Å²) in [5.74, 6) is 6.84. The third kappa shape index (κ3) is 3.03. The van der Waals surface area contributed by atoms with Crippen molar-refractivity contribution in [3.8, 4) is 0 Å². The van der Waals surface area contributed by atoms with Gasteiger partial charge in [-0.3, -0.25) is 0 Å². The lowest BCUT2D eigenvalue weighted by molar-refractivity contribution is -1.50. The standard InChI is InChI=1S/C3H13N4O3/c1-5-7(8,9-3)10-6(2)4/h4-6,8H,1-3H3/q+1. The van der Waals surface area contributed by atoms with E-state index in [2.05, 4.69) is 15.2 Å². The maximum atomic E-state index is 9.04. The molecule has 0 fully saturated rings. The van der Waals surface area contributed by atoms with E-state index >= 15 is 0 Å². The Hall–Kier alpha value is -0.280. The molecule has 0 saturated heterocycles. The molecule has 0 aliphatic heterocycles. The summed E-state index contributed by atoms with van der Waals surface area (Å²) in [7, 11) is 4.03. The zero-order valence-corrected chi connectivity index (χ0v) is 6.21. The molecular formula is C3H13N4O3+. The summed E-state index contributed by atoms with van der Waals surface area (Å²) in [6.45, 7) is 0. The van der Waals surface area contributed by atoms with Crippen molar-refractivity contribution in [1.29, 1.82) is 0 Å². The first kappa shape index (κ1) is 9.72. The molecule has 0 saturated carbocycles. The number of rotatable bonds is 4. The molecule has 0 bridgehead atoms. The normalized spacial score (nSPS) is 20.1. The molecule has 10 heavy (non-hydrogen) atoms. The van der Waals surface area contributed by atoms with Crippen LogP contribution in [0.3, 0.4) is 0 Å². The van der Waals surface area contributed by atoms with E-state index in [9.17, 15) is 0 Å². The topological polar surface area (TPSA) is 79.0 Å². The number of hydroxylamine groups is 1. The number of quaternary nitrogens is 2. The van der Waals surface area contributed by atoms with Crippen LogP contribution in [0.15, 0.2) is 0 Å². The van der Waals surface area contributed by atoms with Crippen LogP contribution < -0.4 is 10.6 Å². The van der Waals surface area contributed by atoms with Gasteiger partial charge in [-0.15, -0.1) is 10.0 Å². The third-order valence-corrected chi connectivity index (χ3v) is 0.791. The van der Waals surface area contributed by atoms with Crippen LogP contribution in [0.5, 0.6) is 0 Å². The minimum atomic E-state index is -1.25. The van der Waals surface area contributed by atoms with Crippen molar-refractivity contribution in [2.24, 2.45) is 0 Å². The Bertz CT molecular complexity index is 93.7. The highest BCUT2D eigenvalue weighted by Crippen LogP contribution is 1.90. The van der Waals surface area contributed by atoms with Gasteiger partial charge in [0.25, 0.3) is 0 Å². The van der Waals surface area contributed by atoms with Crippen LogP contribution in [-0.4, -0.2) is 31.5 Å². The van der Waals surface area contributed by atoms with Crippen molar-refractivity contribution in [2.45, 2.75) is 0 Å². The van der Waals surface area contributed by atoms with Gasteiger partial charge in [-0.1, -0.05) is 5.43 Å². The molecule has 0 aliphatic rings. The zero-order valence-electron chi connectivity index (χ0n) is 6.21. The smallest absolute Gasteiger partial charge is 0.224 e. The number of hydrogen-bond acceptors (Lipinski definition) is 4. The molecule has 0 aromatic rings. The lowest BCUT2D eigenvalue weighted by Gasteiger charge is -2.21. The average molecular weight is 153 g/mol. The first-order valence-electron chi connectivity index (χ1n) is 2.65. The van der Waals surface area contributed by atoms with Crippen LogP contribution in [0.25, 0.3) is 5.84 Å². The molecule has 0 aliphatic carbocycles. The minimum Gasteiger partial charge on any atom is -0.429 e. The van der Waals surface area contributed by atoms with Crippen molar-refractivity contribution in [3.05, 3.63) is 5.84 Å². The van der Waals surface area contributed by atoms with E-state index in [1.54, 1.807) is 0 Å². The van der Waals surface area contributed by atoms with Crippen LogP contribution >= 0.6 is 0 Å². The number of nitrogens with one attached hydrogen (secondary N) is 3. The van der Waals surface area contributed by atoms with Crippen LogP contribution in [0.4, 0.5) is 0 Å². The summed E-state index contributed by atoms with van der Waals surface area (Å²) >= 11 is 0. The maximum Gasteiger partial charge on any atom is 0.224 e. The van der Waals surface area contributed by atoms with Gasteiger partial charge < -0.3 is 5.84 Å². The predicted molar refractivity (Wildman–Crippen MR) is 30.4 cm³/mol. The molecule has 0 rings (SSSR count). The van der Waals surface area contributed by atoms with Crippen LogP contribution in [0, 0.1) is 0 Å². The van der Waals surface area contributed by atoms with E-state index < -0.39 is 5.08 Å². The summed E-state index contributed by atoms with van der Waals surface area (Å²) in [5.41, 5.74) is 2.27. The molecule has 7 heteroatoms. The summed E-state index contributed by atoms with van der Waals surface area (Å²) < 4.78 is 0. The van der Waals surface area contributed by atoms with Crippen molar-refractivity contribution in [2.75, 3.05) is 21.2 Å². The fourth-order valence-electron chi connectivity index (χ4n) is 0.360. The molecule has 0 spiro atoms. The van der Waals surface area contributed by atoms with Crippen molar-refractivity contribution in [3.63, 3.8) is 0 Å². The molecule has 2 atom stereocenters. The molecular weight excluding hydrogens is 140 g/mol. The van der Waals surface area contributed by atoms with Gasteiger partial charge in [0.1, 0.15) is 7.11 Å². The fraction of sp³-hybridized carbons (Fsp3) is 1.00. The largest absolute Gasteiger partial charge is 0.429 e. The molecule has 0 amide bonds. The zero-order chi connectivity index (χ0) is 8.20. The van der Waals surface area contributed by atoms with Gasteiger partial charge in [0.05, 0.1) is 12.0 Å². The Morgan fingerprint density at radius 3 is 2.30 bits per heavy atom. The Labute approximate surface area is 58.9 Å². The van der Waals surface area contributed by atoms with E-state index in [-0.39, 0.29) is 5.17 Å². The van der Waals surface area contributed by atoms with E-state index in [1.165, 1.54) is 21.2 Å². The highest BCUT2D eigenvalue weighted by molar-refractivity contribution is 3.80. The number of nitrogens with zero attached hydrogens (tertiary/aromatic N) is 1. The van der Waals surface area contributed by atoms with Crippen LogP contribution in [0.1, 0.15) is 0 Å². The summed E-state index contributed by atoms with van der Waals surface area (Å²) in [6.07, 6.45) is 0. The van der Waals surface area contributed by atoms with Gasteiger partial charge in [0.2, 0.25) is 5.08 Å². The Morgan fingerprint density at radius 1 is 1.70 bits per heavy atom. The lowest BCUT2D eigenvalue weighted by atomic mass is 11.5. The Balaban J connectivity index is 3.80. The van der Waals surface area contributed by atoms with Crippen LogP contribution in [-0.2, 0) is 9.78 Å². The highest BCUT2D eigenvalue weighted by atomic mass is 17.2. The first-order chi connectivity index (χ1) is 4.54. The second-order valence-electron chi connectivity index (χ2n) is 1.57. The van der Waals surface area contributed by atoms with Gasteiger partial charge in [-0.25, -0.2) is 0 Å².